The van der Waals surface area contributed by atoms with Crippen LogP contribution in [0, 0.1) is 6.92 Å². The highest BCUT2D eigenvalue weighted by atomic mass is 35.5. The van der Waals surface area contributed by atoms with Crippen LogP contribution in [-0.4, -0.2) is 36.9 Å². The Bertz CT molecular complexity index is 567. The van der Waals surface area contributed by atoms with Crippen LogP contribution < -0.4 is 0 Å². The Morgan fingerprint density at radius 2 is 2.35 bits per heavy atom. The Kier molecular flexibility index (Phi) is 4.33. The van der Waals surface area contributed by atoms with Crippen molar-refractivity contribution in [2.75, 3.05) is 6.54 Å². The molecule has 3 heterocycles. The fourth-order valence-corrected chi connectivity index (χ4v) is 3.35. The Balaban J connectivity index is 1.69. The van der Waals surface area contributed by atoms with Gasteiger partial charge in [0.2, 0.25) is 0 Å². The van der Waals surface area contributed by atoms with Gasteiger partial charge in [0.1, 0.15) is 10.0 Å². The average molecular weight is 312 g/mol. The van der Waals surface area contributed by atoms with Gasteiger partial charge in [0.05, 0.1) is 12.7 Å². The second kappa shape index (κ2) is 6.20. The van der Waals surface area contributed by atoms with E-state index in [2.05, 4.69) is 32.7 Å². The van der Waals surface area contributed by atoms with Crippen LogP contribution in [0.1, 0.15) is 30.5 Å². The topological polar surface area (TPSA) is 46.8 Å². The van der Waals surface area contributed by atoms with E-state index in [-0.39, 0.29) is 0 Å². The fourth-order valence-electron chi connectivity index (χ4n) is 2.74. The van der Waals surface area contributed by atoms with Crippen molar-refractivity contribution < 1.29 is 0 Å². The maximum absolute atomic E-state index is 6.12. The normalized spacial score (nSPS) is 20.4. The number of hydrogen-bond donors (Lipinski definition) is 0. The molecule has 20 heavy (non-hydrogen) atoms. The molecule has 0 saturated carbocycles. The van der Waals surface area contributed by atoms with Crippen LogP contribution in [0.3, 0.4) is 0 Å². The molecule has 0 aliphatic carbocycles. The van der Waals surface area contributed by atoms with Crippen LogP contribution in [0.2, 0.25) is 4.34 Å². The SMILES string of the molecule is Cc1cnn(CC2CCCCN2Cc2nnsc2Cl)c1. The van der Waals surface area contributed by atoms with Gasteiger partial charge in [-0.3, -0.25) is 9.58 Å². The highest BCUT2D eigenvalue weighted by Gasteiger charge is 2.24. The maximum atomic E-state index is 6.12. The van der Waals surface area contributed by atoms with Crippen molar-refractivity contribution in [3.8, 4) is 0 Å². The van der Waals surface area contributed by atoms with Gasteiger partial charge < -0.3 is 0 Å². The summed E-state index contributed by atoms with van der Waals surface area (Å²) >= 11 is 7.38. The third-order valence-corrected chi connectivity index (χ3v) is 4.76. The second-order valence-corrected chi connectivity index (χ2v) is 6.71. The molecule has 7 heteroatoms. The Morgan fingerprint density at radius 3 is 3.05 bits per heavy atom. The fraction of sp³-hybridized carbons (Fsp3) is 0.615. The monoisotopic (exact) mass is 311 g/mol. The molecule has 1 saturated heterocycles. The lowest BCUT2D eigenvalue weighted by molar-refractivity contribution is 0.120. The van der Waals surface area contributed by atoms with Gasteiger partial charge in [0.15, 0.2) is 0 Å². The average Bonchev–Trinajstić information content (AvgIpc) is 3.02. The minimum absolute atomic E-state index is 0.501. The first-order valence-electron chi connectivity index (χ1n) is 6.92. The second-order valence-electron chi connectivity index (χ2n) is 5.35. The summed E-state index contributed by atoms with van der Waals surface area (Å²) in [6, 6.07) is 0.501. The minimum Gasteiger partial charge on any atom is -0.293 e. The zero-order valence-electron chi connectivity index (χ0n) is 11.5. The first-order valence-corrected chi connectivity index (χ1v) is 8.07. The smallest absolute Gasteiger partial charge is 0.138 e. The van der Waals surface area contributed by atoms with Gasteiger partial charge in [0.25, 0.3) is 0 Å². The van der Waals surface area contributed by atoms with E-state index in [9.17, 15) is 0 Å². The summed E-state index contributed by atoms with van der Waals surface area (Å²) in [5.41, 5.74) is 2.11. The van der Waals surface area contributed by atoms with E-state index in [0.29, 0.717) is 10.4 Å². The number of nitrogens with zero attached hydrogens (tertiary/aromatic N) is 5. The largest absolute Gasteiger partial charge is 0.293 e. The van der Waals surface area contributed by atoms with Gasteiger partial charge in [-0.15, -0.1) is 5.10 Å². The van der Waals surface area contributed by atoms with Gasteiger partial charge in [-0.05, 0) is 31.9 Å². The minimum atomic E-state index is 0.501. The van der Waals surface area contributed by atoms with Gasteiger partial charge >= 0.3 is 0 Å². The third-order valence-electron chi connectivity index (χ3n) is 3.77. The molecule has 1 fully saturated rings. The molecule has 2 aromatic heterocycles. The number of rotatable bonds is 4. The Hall–Kier alpha value is -0.980. The van der Waals surface area contributed by atoms with Crippen LogP contribution in [0.25, 0.3) is 0 Å². The number of halogens is 1. The van der Waals surface area contributed by atoms with E-state index >= 15 is 0 Å². The molecule has 1 unspecified atom stereocenters. The molecule has 0 aromatic carbocycles. The van der Waals surface area contributed by atoms with Crippen molar-refractivity contribution >= 4 is 23.1 Å². The standard InChI is InChI=1S/C13H18ClN5S/c1-10-6-15-19(7-10)8-11-4-2-3-5-18(11)9-12-13(14)20-17-16-12/h6-7,11H,2-5,8-9H2,1H3. The number of aromatic nitrogens is 4. The number of hydrogen-bond acceptors (Lipinski definition) is 5. The zero-order chi connectivity index (χ0) is 13.9. The Morgan fingerprint density at radius 1 is 1.45 bits per heavy atom. The Labute approximate surface area is 127 Å². The summed E-state index contributed by atoms with van der Waals surface area (Å²) < 4.78 is 6.67. The van der Waals surface area contributed by atoms with Gasteiger partial charge in [-0.25, -0.2) is 0 Å². The van der Waals surface area contributed by atoms with E-state index in [1.807, 2.05) is 10.9 Å². The summed E-state index contributed by atoms with van der Waals surface area (Å²) in [6.45, 7) is 4.89. The highest BCUT2D eigenvalue weighted by Crippen LogP contribution is 2.24. The number of aryl methyl sites for hydroxylation is 1. The predicted octanol–water partition coefficient (Wildman–Crippen LogP) is 2.75. The summed E-state index contributed by atoms with van der Waals surface area (Å²) in [6.07, 6.45) is 7.74. The van der Waals surface area contributed by atoms with Crippen molar-refractivity contribution in [1.29, 1.82) is 0 Å². The van der Waals surface area contributed by atoms with Crippen molar-refractivity contribution in [3.05, 3.63) is 28.0 Å². The highest BCUT2D eigenvalue weighted by molar-refractivity contribution is 7.10. The summed E-state index contributed by atoms with van der Waals surface area (Å²) in [4.78, 5) is 2.46. The van der Waals surface area contributed by atoms with E-state index in [1.165, 1.54) is 36.4 Å². The van der Waals surface area contributed by atoms with Crippen molar-refractivity contribution in [3.63, 3.8) is 0 Å². The maximum Gasteiger partial charge on any atom is 0.138 e. The van der Waals surface area contributed by atoms with Crippen molar-refractivity contribution in [2.45, 2.75) is 45.3 Å². The first-order chi connectivity index (χ1) is 9.72. The van der Waals surface area contributed by atoms with Gasteiger partial charge in [0, 0.05) is 30.3 Å². The zero-order valence-corrected chi connectivity index (χ0v) is 13.1. The lowest BCUT2D eigenvalue weighted by atomic mass is 10.0. The quantitative estimate of drug-likeness (QED) is 0.871. The molecule has 1 aliphatic rings. The molecule has 0 N–H and O–H groups in total. The van der Waals surface area contributed by atoms with E-state index in [1.54, 1.807) is 0 Å². The van der Waals surface area contributed by atoms with Crippen LogP contribution in [0.5, 0.6) is 0 Å². The molecule has 0 bridgehead atoms. The summed E-state index contributed by atoms with van der Waals surface area (Å²) in [5.74, 6) is 0. The predicted molar refractivity (Wildman–Crippen MR) is 79.9 cm³/mol. The lowest BCUT2D eigenvalue weighted by Gasteiger charge is -2.35. The van der Waals surface area contributed by atoms with E-state index in [4.69, 9.17) is 11.6 Å². The third kappa shape index (κ3) is 3.19. The molecule has 5 nitrogen and oxygen atoms in total. The molecule has 2 aromatic rings. The summed E-state index contributed by atoms with van der Waals surface area (Å²) in [7, 11) is 0. The van der Waals surface area contributed by atoms with E-state index in [0.717, 1.165) is 25.3 Å². The first kappa shape index (κ1) is 14.0. The molecule has 0 radical (unpaired) electrons. The van der Waals surface area contributed by atoms with Crippen molar-refractivity contribution in [2.24, 2.45) is 0 Å². The van der Waals surface area contributed by atoms with Gasteiger partial charge in [-0.2, -0.15) is 5.10 Å². The summed E-state index contributed by atoms with van der Waals surface area (Å²) in [5, 5.41) is 8.52. The van der Waals surface area contributed by atoms with Crippen LogP contribution >= 0.6 is 23.1 Å². The molecule has 1 aliphatic heterocycles. The lowest BCUT2D eigenvalue weighted by Crippen LogP contribution is -2.41. The van der Waals surface area contributed by atoms with Crippen molar-refractivity contribution in [1.82, 2.24) is 24.3 Å². The molecular formula is C13H18ClN5S. The number of piperidine rings is 1. The van der Waals surface area contributed by atoms with Gasteiger partial charge in [-0.1, -0.05) is 22.5 Å². The molecule has 3 rings (SSSR count). The number of likely N-dealkylation sites (tertiary alicyclic amines) is 1. The molecule has 108 valence electrons. The molecular weight excluding hydrogens is 294 g/mol. The van der Waals surface area contributed by atoms with Crippen LogP contribution in [-0.2, 0) is 13.1 Å². The molecule has 1 atom stereocenters. The molecule has 0 spiro atoms. The van der Waals surface area contributed by atoms with Crippen LogP contribution in [0.4, 0.5) is 0 Å². The van der Waals surface area contributed by atoms with E-state index < -0.39 is 0 Å². The van der Waals surface area contributed by atoms with Crippen LogP contribution in [0.15, 0.2) is 12.4 Å². The molecule has 0 amide bonds.